The minimum absolute atomic E-state index is 0.00313. The standard InChI is InChI=1S/C17H16BrN3O/c1-12-15(21-10-3-2-7-16(21)19-12)8-9-17(22)20-14-6-4-5-13(18)11-14/h2-7,10-11H,8-9H2,1H3,(H,20,22). The quantitative estimate of drug-likeness (QED) is 0.767. The zero-order valence-corrected chi connectivity index (χ0v) is 13.8. The second-order valence-electron chi connectivity index (χ2n) is 5.13. The van der Waals surface area contributed by atoms with Gasteiger partial charge in [0.05, 0.1) is 5.69 Å². The van der Waals surface area contributed by atoms with Crippen molar-refractivity contribution in [2.45, 2.75) is 19.8 Å². The van der Waals surface area contributed by atoms with Crippen LogP contribution in [-0.4, -0.2) is 15.3 Å². The topological polar surface area (TPSA) is 46.4 Å². The van der Waals surface area contributed by atoms with Gasteiger partial charge in [0.1, 0.15) is 5.65 Å². The van der Waals surface area contributed by atoms with E-state index in [1.165, 1.54) is 0 Å². The summed E-state index contributed by atoms with van der Waals surface area (Å²) < 4.78 is 2.99. The summed E-state index contributed by atoms with van der Waals surface area (Å²) in [6.45, 7) is 1.98. The highest BCUT2D eigenvalue weighted by molar-refractivity contribution is 9.10. The molecule has 1 aromatic carbocycles. The Morgan fingerprint density at radius 2 is 2.14 bits per heavy atom. The van der Waals surface area contributed by atoms with E-state index in [2.05, 4.69) is 26.2 Å². The third-order valence-electron chi connectivity index (χ3n) is 3.53. The fourth-order valence-corrected chi connectivity index (χ4v) is 2.89. The number of carbonyl (C=O) groups excluding carboxylic acids is 1. The Bertz CT molecular complexity index is 826. The van der Waals surface area contributed by atoms with E-state index in [-0.39, 0.29) is 5.91 Å². The fraction of sp³-hybridized carbons (Fsp3) is 0.176. The van der Waals surface area contributed by atoms with Crippen LogP contribution < -0.4 is 5.32 Å². The lowest BCUT2D eigenvalue weighted by Gasteiger charge is -2.06. The molecular weight excluding hydrogens is 342 g/mol. The van der Waals surface area contributed by atoms with Gasteiger partial charge in [-0.05, 0) is 43.7 Å². The molecule has 0 saturated carbocycles. The Labute approximate surface area is 137 Å². The minimum atomic E-state index is 0.00313. The highest BCUT2D eigenvalue weighted by atomic mass is 79.9. The maximum atomic E-state index is 12.1. The van der Waals surface area contributed by atoms with Crippen LogP contribution in [0.3, 0.4) is 0 Å². The van der Waals surface area contributed by atoms with Crippen molar-refractivity contribution in [1.29, 1.82) is 0 Å². The van der Waals surface area contributed by atoms with Crippen LogP contribution >= 0.6 is 15.9 Å². The first-order valence-corrected chi connectivity index (χ1v) is 7.91. The van der Waals surface area contributed by atoms with Gasteiger partial charge in [-0.3, -0.25) is 4.79 Å². The van der Waals surface area contributed by atoms with Gasteiger partial charge >= 0.3 is 0 Å². The van der Waals surface area contributed by atoms with Crippen LogP contribution in [0.5, 0.6) is 0 Å². The summed E-state index contributed by atoms with van der Waals surface area (Å²) in [5, 5.41) is 2.91. The number of halogens is 1. The number of nitrogens with one attached hydrogen (secondary N) is 1. The molecule has 3 rings (SSSR count). The monoisotopic (exact) mass is 357 g/mol. The Balaban J connectivity index is 1.69. The number of carbonyl (C=O) groups is 1. The molecule has 1 N–H and O–H groups in total. The molecule has 2 aromatic heterocycles. The summed E-state index contributed by atoms with van der Waals surface area (Å²) in [7, 11) is 0. The molecule has 0 aliphatic rings. The van der Waals surface area contributed by atoms with E-state index >= 15 is 0 Å². The van der Waals surface area contributed by atoms with Gasteiger partial charge in [0, 0.05) is 28.5 Å². The van der Waals surface area contributed by atoms with Crippen molar-refractivity contribution in [3.05, 3.63) is 64.5 Å². The van der Waals surface area contributed by atoms with E-state index < -0.39 is 0 Å². The number of aromatic nitrogens is 2. The SMILES string of the molecule is Cc1nc2ccccn2c1CCC(=O)Nc1cccc(Br)c1. The summed E-state index contributed by atoms with van der Waals surface area (Å²) in [5.74, 6) is 0.00313. The van der Waals surface area contributed by atoms with E-state index in [1.54, 1.807) is 0 Å². The number of nitrogens with zero attached hydrogens (tertiary/aromatic N) is 2. The molecule has 0 atom stereocenters. The van der Waals surface area contributed by atoms with E-state index in [1.807, 2.05) is 60.0 Å². The lowest BCUT2D eigenvalue weighted by Crippen LogP contribution is -2.13. The second-order valence-corrected chi connectivity index (χ2v) is 6.05. The zero-order valence-electron chi connectivity index (χ0n) is 12.2. The van der Waals surface area contributed by atoms with Crippen LogP contribution in [-0.2, 0) is 11.2 Å². The van der Waals surface area contributed by atoms with Crippen LogP contribution in [0, 0.1) is 6.92 Å². The Kier molecular flexibility index (Phi) is 4.24. The molecule has 0 aliphatic heterocycles. The molecule has 0 radical (unpaired) electrons. The Hall–Kier alpha value is -2.14. The molecule has 0 saturated heterocycles. The van der Waals surface area contributed by atoms with Crippen molar-refractivity contribution in [2.75, 3.05) is 5.32 Å². The largest absolute Gasteiger partial charge is 0.326 e. The molecule has 0 bridgehead atoms. The number of hydrogen-bond donors (Lipinski definition) is 1. The van der Waals surface area contributed by atoms with E-state index in [0.29, 0.717) is 12.8 Å². The highest BCUT2D eigenvalue weighted by Gasteiger charge is 2.10. The third-order valence-corrected chi connectivity index (χ3v) is 4.02. The molecule has 3 aromatic rings. The average Bonchev–Trinajstić information content (AvgIpc) is 2.80. The number of amides is 1. The number of rotatable bonds is 4. The average molecular weight is 358 g/mol. The highest BCUT2D eigenvalue weighted by Crippen LogP contribution is 2.17. The van der Waals surface area contributed by atoms with Gasteiger partial charge in [-0.2, -0.15) is 0 Å². The summed E-state index contributed by atoms with van der Waals surface area (Å²) in [4.78, 5) is 16.6. The van der Waals surface area contributed by atoms with Crippen molar-refractivity contribution in [2.24, 2.45) is 0 Å². The first kappa shape index (κ1) is 14.8. The molecule has 112 valence electrons. The molecule has 4 nitrogen and oxygen atoms in total. The van der Waals surface area contributed by atoms with Gasteiger partial charge in [-0.1, -0.05) is 28.1 Å². The van der Waals surface area contributed by atoms with E-state index in [4.69, 9.17) is 0 Å². The number of fused-ring (bicyclic) bond motifs is 1. The van der Waals surface area contributed by atoms with E-state index in [9.17, 15) is 4.79 Å². The Morgan fingerprint density at radius 1 is 1.27 bits per heavy atom. The van der Waals surface area contributed by atoms with Gasteiger partial charge in [0.15, 0.2) is 0 Å². The van der Waals surface area contributed by atoms with Gasteiger partial charge in [-0.25, -0.2) is 4.98 Å². The molecule has 22 heavy (non-hydrogen) atoms. The predicted octanol–water partition coefficient (Wildman–Crippen LogP) is 3.98. The van der Waals surface area contributed by atoms with Crippen molar-refractivity contribution < 1.29 is 4.79 Å². The lowest BCUT2D eigenvalue weighted by molar-refractivity contribution is -0.116. The van der Waals surface area contributed by atoms with Crippen LogP contribution in [0.25, 0.3) is 5.65 Å². The maximum Gasteiger partial charge on any atom is 0.224 e. The van der Waals surface area contributed by atoms with Crippen LogP contribution in [0.4, 0.5) is 5.69 Å². The molecular formula is C17H16BrN3O. The van der Waals surface area contributed by atoms with Crippen LogP contribution in [0.1, 0.15) is 17.8 Å². The fourth-order valence-electron chi connectivity index (χ4n) is 2.49. The van der Waals surface area contributed by atoms with Crippen LogP contribution in [0.2, 0.25) is 0 Å². The summed E-state index contributed by atoms with van der Waals surface area (Å²) >= 11 is 3.40. The number of pyridine rings is 1. The van der Waals surface area contributed by atoms with Gasteiger partial charge in [0.25, 0.3) is 0 Å². The van der Waals surface area contributed by atoms with Crippen molar-refractivity contribution in [3.8, 4) is 0 Å². The molecule has 1 amide bonds. The maximum absolute atomic E-state index is 12.1. The Morgan fingerprint density at radius 3 is 2.95 bits per heavy atom. The van der Waals surface area contributed by atoms with Crippen LogP contribution in [0.15, 0.2) is 53.1 Å². The number of benzene rings is 1. The first-order chi connectivity index (χ1) is 10.6. The summed E-state index contributed by atoms with van der Waals surface area (Å²) in [5.41, 5.74) is 3.78. The molecule has 0 unspecified atom stereocenters. The molecule has 0 fully saturated rings. The molecule has 5 heteroatoms. The number of aryl methyl sites for hydroxylation is 2. The van der Waals surface area contributed by atoms with E-state index in [0.717, 1.165) is 27.2 Å². The predicted molar refractivity (Wildman–Crippen MR) is 91.0 cm³/mol. The first-order valence-electron chi connectivity index (χ1n) is 7.11. The van der Waals surface area contributed by atoms with Gasteiger partial charge in [-0.15, -0.1) is 0 Å². The zero-order chi connectivity index (χ0) is 15.5. The second kappa shape index (κ2) is 6.32. The minimum Gasteiger partial charge on any atom is -0.326 e. The third kappa shape index (κ3) is 3.20. The summed E-state index contributed by atoms with van der Waals surface area (Å²) in [6, 6.07) is 13.5. The summed E-state index contributed by atoms with van der Waals surface area (Å²) in [6.07, 6.45) is 3.07. The molecule has 2 heterocycles. The van der Waals surface area contributed by atoms with Crippen molar-refractivity contribution in [3.63, 3.8) is 0 Å². The van der Waals surface area contributed by atoms with Gasteiger partial charge < -0.3 is 9.72 Å². The number of hydrogen-bond acceptors (Lipinski definition) is 2. The molecule has 0 aliphatic carbocycles. The smallest absolute Gasteiger partial charge is 0.224 e. The number of imidazole rings is 1. The van der Waals surface area contributed by atoms with Crippen molar-refractivity contribution >= 4 is 33.2 Å². The normalized spacial score (nSPS) is 10.8. The van der Waals surface area contributed by atoms with Gasteiger partial charge in [0.2, 0.25) is 5.91 Å². The lowest BCUT2D eigenvalue weighted by atomic mass is 10.2. The van der Waals surface area contributed by atoms with Crippen molar-refractivity contribution in [1.82, 2.24) is 9.38 Å². The number of anilines is 1. The molecule has 0 spiro atoms.